The van der Waals surface area contributed by atoms with Crippen LogP contribution in [0.5, 0.6) is 0 Å². The summed E-state index contributed by atoms with van der Waals surface area (Å²) in [6.45, 7) is 0. The molecule has 0 aliphatic heterocycles. The molecule has 3 nitrogen and oxygen atoms in total. The van der Waals surface area contributed by atoms with Crippen LogP contribution in [0.25, 0.3) is 6.08 Å². The van der Waals surface area contributed by atoms with Crippen LogP contribution in [-0.2, 0) is 14.6 Å². The van der Waals surface area contributed by atoms with E-state index in [1.165, 1.54) is 13.2 Å². The van der Waals surface area contributed by atoms with Crippen LogP contribution >= 0.6 is 0 Å². The molecule has 0 atom stereocenters. The Labute approximate surface area is 113 Å². The average Bonchev–Trinajstić information content (AvgIpc) is 2.46. The molecule has 0 aliphatic carbocycles. The molecule has 0 fully saturated rings. The Bertz CT molecular complexity index is 659. The van der Waals surface area contributed by atoms with E-state index in [0.717, 1.165) is 5.56 Å². The molecule has 0 amide bonds. The Morgan fingerprint density at radius 2 is 1.47 bits per heavy atom. The predicted octanol–water partition coefficient (Wildman–Crippen LogP) is 3.11. The zero-order valence-corrected chi connectivity index (χ0v) is 11.3. The minimum atomic E-state index is -3.61. The summed E-state index contributed by atoms with van der Waals surface area (Å²) in [6, 6.07) is 17.4. The van der Waals surface area contributed by atoms with E-state index < -0.39 is 9.84 Å². The summed E-state index contributed by atoms with van der Waals surface area (Å²) >= 11 is 0. The van der Waals surface area contributed by atoms with E-state index in [4.69, 9.17) is 4.74 Å². The molecule has 0 aliphatic rings. The average molecular weight is 274 g/mol. The monoisotopic (exact) mass is 274 g/mol. The van der Waals surface area contributed by atoms with Gasteiger partial charge in [-0.3, -0.25) is 0 Å². The summed E-state index contributed by atoms with van der Waals surface area (Å²) in [6.07, 6.45) is 1.52. The maximum absolute atomic E-state index is 12.4. The summed E-state index contributed by atoms with van der Waals surface area (Å²) in [5.41, 5.74) is 0.777. The van der Waals surface area contributed by atoms with Crippen LogP contribution in [0.15, 0.2) is 70.7 Å². The van der Waals surface area contributed by atoms with Crippen molar-refractivity contribution in [3.63, 3.8) is 0 Å². The molecule has 0 heterocycles. The minimum Gasteiger partial charge on any atom is -0.486 e. The molecule has 0 aromatic heterocycles. The highest BCUT2D eigenvalue weighted by Gasteiger charge is 2.21. The highest BCUT2D eigenvalue weighted by atomic mass is 32.2. The van der Waals surface area contributed by atoms with E-state index >= 15 is 0 Å². The molecule has 0 unspecified atom stereocenters. The number of sulfone groups is 1. The second kappa shape index (κ2) is 5.71. The summed E-state index contributed by atoms with van der Waals surface area (Å²) in [4.78, 5) is 0.221. The summed E-state index contributed by atoms with van der Waals surface area (Å²) in [7, 11) is -2.25. The number of methoxy groups -OCH3 is 1. The zero-order chi connectivity index (χ0) is 13.7. The van der Waals surface area contributed by atoms with E-state index in [1.807, 2.05) is 30.3 Å². The van der Waals surface area contributed by atoms with Gasteiger partial charge in [0.25, 0.3) is 0 Å². The summed E-state index contributed by atoms with van der Waals surface area (Å²) < 4.78 is 29.8. The Hall–Kier alpha value is -2.07. The summed E-state index contributed by atoms with van der Waals surface area (Å²) in [5, 5.41) is -0.0649. The molecule has 0 saturated carbocycles. The number of ether oxygens (including phenoxy) is 1. The first-order chi connectivity index (χ1) is 9.14. The summed E-state index contributed by atoms with van der Waals surface area (Å²) in [5.74, 6) is 0. The maximum Gasteiger partial charge on any atom is 0.239 e. The highest BCUT2D eigenvalue weighted by Crippen LogP contribution is 2.21. The van der Waals surface area contributed by atoms with Crippen LogP contribution in [0.1, 0.15) is 5.56 Å². The van der Waals surface area contributed by atoms with Gasteiger partial charge in [0, 0.05) is 0 Å². The minimum absolute atomic E-state index is 0.0649. The van der Waals surface area contributed by atoms with E-state index in [9.17, 15) is 8.42 Å². The fourth-order valence-electron chi connectivity index (χ4n) is 1.65. The predicted molar refractivity (Wildman–Crippen MR) is 75.1 cm³/mol. The quantitative estimate of drug-likeness (QED) is 0.805. The molecule has 0 radical (unpaired) electrons. The first kappa shape index (κ1) is 13.4. The van der Waals surface area contributed by atoms with Crippen molar-refractivity contribution in [2.45, 2.75) is 4.90 Å². The Morgan fingerprint density at radius 1 is 0.947 bits per heavy atom. The third-order valence-electron chi connectivity index (χ3n) is 2.60. The van der Waals surface area contributed by atoms with Crippen molar-refractivity contribution in [2.24, 2.45) is 0 Å². The lowest BCUT2D eigenvalue weighted by Gasteiger charge is -2.08. The molecule has 0 saturated heterocycles. The Kier molecular flexibility index (Phi) is 4.02. The van der Waals surface area contributed by atoms with Crippen molar-refractivity contribution in [1.29, 1.82) is 0 Å². The molecule has 0 N–H and O–H groups in total. The maximum atomic E-state index is 12.4. The van der Waals surface area contributed by atoms with Crippen LogP contribution in [0, 0.1) is 0 Å². The Morgan fingerprint density at radius 3 is 2.00 bits per heavy atom. The molecule has 98 valence electrons. The van der Waals surface area contributed by atoms with Crippen molar-refractivity contribution in [2.75, 3.05) is 7.11 Å². The molecule has 4 heteroatoms. The molecular weight excluding hydrogens is 260 g/mol. The topological polar surface area (TPSA) is 43.4 Å². The van der Waals surface area contributed by atoms with Crippen LogP contribution in [0.3, 0.4) is 0 Å². The van der Waals surface area contributed by atoms with E-state index in [-0.39, 0.29) is 9.99 Å². The lowest BCUT2D eigenvalue weighted by atomic mass is 10.2. The number of benzene rings is 2. The number of hydrogen-bond donors (Lipinski definition) is 0. The van der Waals surface area contributed by atoms with Gasteiger partial charge in [0.15, 0.2) is 0 Å². The molecule has 0 bridgehead atoms. The van der Waals surface area contributed by atoms with Crippen LogP contribution in [0.4, 0.5) is 0 Å². The lowest BCUT2D eigenvalue weighted by molar-refractivity contribution is 0.320. The van der Waals surface area contributed by atoms with Crippen molar-refractivity contribution in [1.82, 2.24) is 0 Å². The van der Waals surface area contributed by atoms with Gasteiger partial charge in [-0.1, -0.05) is 48.5 Å². The first-order valence-electron chi connectivity index (χ1n) is 5.75. The highest BCUT2D eigenvalue weighted by molar-refractivity contribution is 7.95. The molecule has 2 aromatic carbocycles. The molecule has 19 heavy (non-hydrogen) atoms. The van der Waals surface area contributed by atoms with E-state index in [0.29, 0.717) is 0 Å². The normalized spacial score (nSPS) is 12.2. The van der Waals surface area contributed by atoms with Gasteiger partial charge in [0.2, 0.25) is 14.9 Å². The fourth-order valence-corrected chi connectivity index (χ4v) is 2.91. The van der Waals surface area contributed by atoms with Gasteiger partial charge in [0.05, 0.1) is 12.0 Å². The van der Waals surface area contributed by atoms with Crippen LogP contribution in [0.2, 0.25) is 0 Å². The lowest BCUT2D eigenvalue weighted by Crippen LogP contribution is -2.06. The van der Waals surface area contributed by atoms with Gasteiger partial charge in [-0.15, -0.1) is 0 Å². The second-order valence-electron chi connectivity index (χ2n) is 3.89. The number of hydrogen-bond acceptors (Lipinski definition) is 3. The van der Waals surface area contributed by atoms with Gasteiger partial charge >= 0.3 is 0 Å². The molecule has 2 aromatic rings. The van der Waals surface area contributed by atoms with Gasteiger partial charge in [-0.05, 0) is 23.8 Å². The Balaban J connectivity index is 2.46. The van der Waals surface area contributed by atoms with Crippen molar-refractivity contribution in [3.05, 3.63) is 71.3 Å². The molecule has 2 rings (SSSR count). The first-order valence-corrected chi connectivity index (χ1v) is 7.24. The van der Waals surface area contributed by atoms with Gasteiger partial charge in [0.1, 0.15) is 0 Å². The zero-order valence-electron chi connectivity index (χ0n) is 10.5. The van der Waals surface area contributed by atoms with Crippen molar-refractivity contribution < 1.29 is 13.2 Å². The van der Waals surface area contributed by atoms with Crippen molar-refractivity contribution >= 4 is 15.9 Å². The van der Waals surface area contributed by atoms with Crippen LogP contribution < -0.4 is 0 Å². The fraction of sp³-hybridized carbons (Fsp3) is 0.0667. The van der Waals surface area contributed by atoms with E-state index in [2.05, 4.69) is 0 Å². The second-order valence-corrected chi connectivity index (χ2v) is 5.78. The SMILES string of the molecule is COC(=Cc1ccccc1)S(=O)(=O)c1ccccc1. The van der Waals surface area contributed by atoms with Gasteiger partial charge < -0.3 is 4.74 Å². The van der Waals surface area contributed by atoms with Gasteiger partial charge in [-0.2, -0.15) is 0 Å². The largest absolute Gasteiger partial charge is 0.486 e. The van der Waals surface area contributed by atoms with Gasteiger partial charge in [-0.25, -0.2) is 8.42 Å². The standard InChI is InChI=1S/C15H14O3S/c1-18-15(12-13-8-4-2-5-9-13)19(16,17)14-10-6-3-7-11-14/h2-12H,1H3. The van der Waals surface area contributed by atoms with Crippen molar-refractivity contribution in [3.8, 4) is 0 Å². The smallest absolute Gasteiger partial charge is 0.239 e. The third kappa shape index (κ3) is 3.03. The van der Waals surface area contributed by atoms with E-state index in [1.54, 1.807) is 30.3 Å². The third-order valence-corrected chi connectivity index (χ3v) is 4.31. The van der Waals surface area contributed by atoms with Crippen LogP contribution in [-0.4, -0.2) is 15.5 Å². The molecule has 0 spiro atoms. The molecular formula is C15H14O3S. The number of rotatable bonds is 4.